The molecule has 2 fully saturated rings. The molecule has 4 rings (SSSR count). The van der Waals surface area contributed by atoms with Gasteiger partial charge in [0.15, 0.2) is 0 Å². The van der Waals surface area contributed by atoms with Crippen LogP contribution in [0.25, 0.3) is 5.57 Å². The third-order valence-electron chi connectivity index (χ3n) is 5.26. The van der Waals surface area contributed by atoms with Gasteiger partial charge in [-0.1, -0.05) is 28.1 Å². The molecule has 0 amide bonds. The van der Waals surface area contributed by atoms with Gasteiger partial charge in [0.05, 0.1) is 18.0 Å². The van der Waals surface area contributed by atoms with Crippen molar-refractivity contribution in [2.75, 3.05) is 26.4 Å². The second kappa shape index (κ2) is 7.26. The van der Waals surface area contributed by atoms with Crippen molar-refractivity contribution in [3.05, 3.63) is 46.7 Å². The Balaban J connectivity index is 1.54. The van der Waals surface area contributed by atoms with E-state index in [1.54, 1.807) is 0 Å². The quantitative estimate of drug-likeness (QED) is 0.462. The standard InChI is InChI=1S/C22H27BrO4/c1-13-7-15(5-6-19(13)26-11-16-9-24-16)18-8-22(3,4)21(14(2)20(18)23)27-12-17-10-25-17/h5-8,16-17,20H,9-12H2,1-4H3. The van der Waals surface area contributed by atoms with Crippen molar-refractivity contribution in [3.63, 3.8) is 0 Å². The van der Waals surface area contributed by atoms with Crippen LogP contribution in [0.2, 0.25) is 0 Å². The van der Waals surface area contributed by atoms with Gasteiger partial charge in [0.25, 0.3) is 0 Å². The normalized spacial score (nSPS) is 28.6. The van der Waals surface area contributed by atoms with Gasteiger partial charge in [0.1, 0.15) is 36.9 Å². The molecule has 0 spiro atoms. The Morgan fingerprint density at radius 3 is 2.30 bits per heavy atom. The molecule has 3 atom stereocenters. The molecule has 27 heavy (non-hydrogen) atoms. The number of hydrogen-bond acceptors (Lipinski definition) is 4. The van der Waals surface area contributed by atoms with E-state index in [1.165, 1.54) is 16.7 Å². The van der Waals surface area contributed by atoms with Gasteiger partial charge in [-0.2, -0.15) is 0 Å². The van der Waals surface area contributed by atoms with E-state index in [0.717, 1.165) is 30.3 Å². The summed E-state index contributed by atoms with van der Waals surface area (Å²) in [5.74, 6) is 1.97. The number of benzene rings is 1. The second-order valence-corrected chi connectivity index (χ2v) is 9.12. The molecule has 1 aliphatic carbocycles. The Hall–Kier alpha value is -1.30. The molecule has 3 unspecified atom stereocenters. The SMILES string of the molecule is CC1=C(OCC2CO2)C(C)(C)C=C(c2ccc(OCC3CO3)c(C)c2)C1Br. The molecule has 0 radical (unpaired) electrons. The molecule has 0 bridgehead atoms. The van der Waals surface area contributed by atoms with Crippen LogP contribution in [0.4, 0.5) is 0 Å². The number of ether oxygens (including phenoxy) is 4. The van der Waals surface area contributed by atoms with Gasteiger partial charge in [-0.25, -0.2) is 0 Å². The van der Waals surface area contributed by atoms with Crippen molar-refractivity contribution < 1.29 is 18.9 Å². The van der Waals surface area contributed by atoms with Gasteiger partial charge in [0, 0.05) is 5.41 Å². The monoisotopic (exact) mass is 434 g/mol. The minimum atomic E-state index is -0.162. The van der Waals surface area contributed by atoms with Crippen LogP contribution < -0.4 is 4.74 Å². The zero-order chi connectivity index (χ0) is 19.2. The van der Waals surface area contributed by atoms with E-state index in [9.17, 15) is 0 Å². The summed E-state index contributed by atoms with van der Waals surface area (Å²) in [5, 5.41) is 0. The van der Waals surface area contributed by atoms with Crippen molar-refractivity contribution in [3.8, 4) is 5.75 Å². The van der Waals surface area contributed by atoms with Crippen molar-refractivity contribution >= 4 is 21.5 Å². The Morgan fingerprint density at radius 2 is 1.70 bits per heavy atom. The van der Waals surface area contributed by atoms with Crippen molar-refractivity contribution in [2.24, 2.45) is 5.41 Å². The van der Waals surface area contributed by atoms with Gasteiger partial charge < -0.3 is 18.9 Å². The molecule has 2 saturated heterocycles. The highest BCUT2D eigenvalue weighted by Gasteiger charge is 2.36. The van der Waals surface area contributed by atoms with E-state index in [1.807, 2.05) is 0 Å². The van der Waals surface area contributed by atoms with Crippen LogP contribution in [-0.2, 0) is 14.2 Å². The fraction of sp³-hybridized carbons (Fsp3) is 0.545. The van der Waals surface area contributed by atoms with Gasteiger partial charge in [0.2, 0.25) is 0 Å². The first kappa shape index (κ1) is 19.0. The minimum Gasteiger partial charge on any atom is -0.494 e. The largest absolute Gasteiger partial charge is 0.494 e. The van der Waals surface area contributed by atoms with Crippen LogP contribution in [0.15, 0.2) is 35.6 Å². The summed E-state index contributed by atoms with van der Waals surface area (Å²) in [6.45, 7) is 11.5. The lowest BCUT2D eigenvalue weighted by Gasteiger charge is -2.35. The second-order valence-electron chi connectivity index (χ2n) is 8.21. The van der Waals surface area contributed by atoms with Crippen LogP contribution in [0.5, 0.6) is 5.75 Å². The summed E-state index contributed by atoms with van der Waals surface area (Å²) in [7, 11) is 0. The van der Waals surface area contributed by atoms with E-state index < -0.39 is 0 Å². The number of hydrogen-bond donors (Lipinski definition) is 0. The maximum absolute atomic E-state index is 6.14. The summed E-state index contributed by atoms with van der Waals surface area (Å²) >= 11 is 3.89. The molecule has 0 aromatic heterocycles. The number of halogens is 1. The maximum Gasteiger partial charge on any atom is 0.122 e. The van der Waals surface area contributed by atoms with Crippen LogP contribution in [0.3, 0.4) is 0 Å². The molecule has 146 valence electrons. The Kier molecular flexibility index (Phi) is 5.12. The van der Waals surface area contributed by atoms with E-state index in [4.69, 9.17) is 18.9 Å². The Labute approximate surface area is 169 Å². The predicted molar refractivity (Wildman–Crippen MR) is 109 cm³/mol. The lowest BCUT2D eigenvalue weighted by atomic mass is 9.78. The average molecular weight is 435 g/mol. The zero-order valence-corrected chi connectivity index (χ0v) is 18.0. The first-order valence-corrected chi connectivity index (χ1v) is 10.4. The number of allylic oxidation sites excluding steroid dienone is 3. The lowest BCUT2D eigenvalue weighted by molar-refractivity contribution is 0.139. The number of epoxide rings is 2. The molecule has 3 aliphatic rings. The van der Waals surface area contributed by atoms with E-state index >= 15 is 0 Å². The van der Waals surface area contributed by atoms with Gasteiger partial charge in [-0.3, -0.25) is 0 Å². The zero-order valence-electron chi connectivity index (χ0n) is 16.4. The van der Waals surface area contributed by atoms with E-state index in [-0.39, 0.29) is 22.5 Å². The topological polar surface area (TPSA) is 43.5 Å². The van der Waals surface area contributed by atoms with Crippen molar-refractivity contribution in [1.82, 2.24) is 0 Å². The summed E-state index contributed by atoms with van der Waals surface area (Å²) in [5.41, 5.74) is 4.68. The molecule has 2 heterocycles. The summed E-state index contributed by atoms with van der Waals surface area (Å²) in [6, 6.07) is 6.41. The highest BCUT2D eigenvalue weighted by molar-refractivity contribution is 9.10. The summed E-state index contributed by atoms with van der Waals surface area (Å²) < 4.78 is 22.5. The molecule has 1 aromatic carbocycles. The van der Waals surface area contributed by atoms with Crippen LogP contribution in [0, 0.1) is 12.3 Å². The smallest absolute Gasteiger partial charge is 0.122 e. The third kappa shape index (κ3) is 4.25. The van der Waals surface area contributed by atoms with E-state index in [2.05, 4.69) is 67.9 Å². The molecule has 5 heteroatoms. The fourth-order valence-electron chi connectivity index (χ4n) is 3.59. The summed E-state index contributed by atoms with van der Waals surface area (Å²) in [4.78, 5) is 0.131. The first-order valence-electron chi connectivity index (χ1n) is 9.53. The van der Waals surface area contributed by atoms with Crippen LogP contribution in [-0.4, -0.2) is 43.5 Å². The third-order valence-corrected chi connectivity index (χ3v) is 6.44. The number of aryl methyl sites for hydroxylation is 1. The van der Waals surface area contributed by atoms with Gasteiger partial charge >= 0.3 is 0 Å². The molecule has 0 N–H and O–H groups in total. The highest BCUT2D eigenvalue weighted by atomic mass is 79.9. The predicted octanol–water partition coefficient (Wildman–Crippen LogP) is 4.65. The molecule has 4 nitrogen and oxygen atoms in total. The molecular weight excluding hydrogens is 408 g/mol. The molecular formula is C22H27BrO4. The highest BCUT2D eigenvalue weighted by Crippen LogP contribution is 2.45. The van der Waals surface area contributed by atoms with E-state index in [0.29, 0.717) is 13.2 Å². The fourth-order valence-corrected chi connectivity index (χ4v) is 4.20. The maximum atomic E-state index is 6.14. The summed E-state index contributed by atoms with van der Waals surface area (Å²) in [6.07, 6.45) is 2.84. The van der Waals surface area contributed by atoms with Crippen LogP contribution in [0.1, 0.15) is 31.9 Å². The molecule has 0 saturated carbocycles. The number of alkyl halides is 1. The molecule has 2 aliphatic heterocycles. The Morgan fingerprint density at radius 1 is 1.07 bits per heavy atom. The lowest BCUT2D eigenvalue weighted by Crippen LogP contribution is -2.26. The number of rotatable bonds is 7. The van der Waals surface area contributed by atoms with Gasteiger partial charge in [-0.05, 0) is 62.1 Å². The molecule has 1 aromatic rings. The first-order chi connectivity index (χ1) is 12.8. The average Bonchev–Trinajstić information content (AvgIpc) is 3.51. The van der Waals surface area contributed by atoms with Crippen molar-refractivity contribution in [2.45, 2.75) is 44.7 Å². The van der Waals surface area contributed by atoms with Gasteiger partial charge in [-0.15, -0.1) is 0 Å². The van der Waals surface area contributed by atoms with Crippen molar-refractivity contribution in [1.29, 1.82) is 0 Å². The van der Waals surface area contributed by atoms with Crippen LogP contribution >= 0.6 is 15.9 Å². The Bertz CT molecular complexity index is 788. The minimum absolute atomic E-state index is 0.131.